The molecule has 4 heteroatoms. The molecular formula is C15H34N3Sn. The molecular weight excluding hydrogens is 341 g/mol. The molecule has 0 aromatic rings. The summed E-state index contributed by atoms with van der Waals surface area (Å²) in [6.45, 7) is 20.2. The van der Waals surface area contributed by atoms with Crippen LogP contribution in [0.4, 0.5) is 0 Å². The fraction of sp³-hybridized carbons (Fsp3) is 1.00. The summed E-state index contributed by atoms with van der Waals surface area (Å²) >= 11 is -1.78. The van der Waals surface area contributed by atoms with E-state index in [2.05, 4.69) is 64.8 Å². The molecule has 113 valence electrons. The van der Waals surface area contributed by atoms with E-state index in [1.807, 2.05) is 0 Å². The minimum atomic E-state index is -1.78. The summed E-state index contributed by atoms with van der Waals surface area (Å²) in [6, 6.07) is 2.87. The Balaban J connectivity index is 2.94. The fourth-order valence-corrected chi connectivity index (χ4v) is 12.2. The third-order valence-electron chi connectivity index (χ3n) is 4.43. The van der Waals surface area contributed by atoms with Gasteiger partial charge in [-0.25, -0.2) is 0 Å². The van der Waals surface area contributed by atoms with Crippen molar-refractivity contribution >= 4 is 20.6 Å². The molecule has 1 fully saturated rings. The zero-order chi connectivity index (χ0) is 14.7. The molecule has 2 unspecified atom stereocenters. The SMILES string of the molecule is CCC(C)[N](C(C)CC)[Sn]1[N](C(C)C)C[N]1C(C)C. The van der Waals surface area contributed by atoms with E-state index in [1.165, 1.54) is 19.5 Å². The normalized spacial score (nSPS) is 22.3. The Hall–Kier alpha value is 0.679. The summed E-state index contributed by atoms with van der Waals surface area (Å²) < 4.78 is 8.56. The molecule has 0 aromatic heterocycles. The van der Waals surface area contributed by atoms with E-state index < -0.39 is 20.6 Å². The van der Waals surface area contributed by atoms with Gasteiger partial charge in [0.05, 0.1) is 0 Å². The van der Waals surface area contributed by atoms with Crippen molar-refractivity contribution in [3.63, 3.8) is 0 Å². The van der Waals surface area contributed by atoms with Crippen molar-refractivity contribution in [2.75, 3.05) is 6.67 Å². The first-order valence-corrected chi connectivity index (χ1v) is 11.9. The predicted molar refractivity (Wildman–Crippen MR) is 85.9 cm³/mol. The maximum absolute atomic E-state index is 2.92. The van der Waals surface area contributed by atoms with E-state index in [0.717, 1.165) is 12.1 Å². The molecule has 1 rings (SSSR count). The Kier molecular flexibility index (Phi) is 7.11. The van der Waals surface area contributed by atoms with E-state index in [4.69, 9.17) is 0 Å². The molecule has 1 radical (unpaired) electrons. The zero-order valence-electron chi connectivity index (χ0n) is 14.3. The predicted octanol–water partition coefficient (Wildman–Crippen LogP) is 3.26. The maximum atomic E-state index is 2.92. The average Bonchev–Trinajstić information content (AvgIpc) is 2.31. The van der Waals surface area contributed by atoms with Crippen molar-refractivity contribution in [3.8, 4) is 0 Å². The van der Waals surface area contributed by atoms with Gasteiger partial charge in [-0.1, -0.05) is 0 Å². The fourth-order valence-electron chi connectivity index (χ4n) is 2.68. The minimum absolute atomic E-state index is 0.708. The molecule has 0 aliphatic carbocycles. The first-order valence-electron chi connectivity index (χ1n) is 8.03. The van der Waals surface area contributed by atoms with Crippen LogP contribution in [0.1, 0.15) is 68.2 Å². The number of hydrogen-bond donors (Lipinski definition) is 0. The average molecular weight is 375 g/mol. The van der Waals surface area contributed by atoms with Crippen LogP contribution in [0.25, 0.3) is 0 Å². The molecule has 1 aliphatic heterocycles. The summed E-state index contributed by atoms with van der Waals surface area (Å²) in [5, 5.41) is 0. The summed E-state index contributed by atoms with van der Waals surface area (Å²) in [5.41, 5.74) is 0. The van der Waals surface area contributed by atoms with E-state index in [-0.39, 0.29) is 0 Å². The van der Waals surface area contributed by atoms with Gasteiger partial charge in [-0.2, -0.15) is 0 Å². The zero-order valence-corrected chi connectivity index (χ0v) is 17.1. The van der Waals surface area contributed by atoms with E-state index >= 15 is 0 Å². The molecule has 19 heavy (non-hydrogen) atoms. The first kappa shape index (κ1) is 17.7. The van der Waals surface area contributed by atoms with Crippen molar-refractivity contribution in [3.05, 3.63) is 0 Å². The van der Waals surface area contributed by atoms with Gasteiger partial charge < -0.3 is 0 Å². The molecule has 1 heterocycles. The second kappa shape index (κ2) is 7.62. The summed E-state index contributed by atoms with van der Waals surface area (Å²) in [7, 11) is 0. The summed E-state index contributed by atoms with van der Waals surface area (Å²) in [4.78, 5) is 0. The van der Waals surface area contributed by atoms with Gasteiger partial charge in [-0.05, 0) is 0 Å². The van der Waals surface area contributed by atoms with Crippen LogP contribution < -0.4 is 0 Å². The van der Waals surface area contributed by atoms with Gasteiger partial charge in [0.25, 0.3) is 0 Å². The summed E-state index contributed by atoms with van der Waals surface area (Å²) in [5.74, 6) is 0. The Labute approximate surface area is 129 Å². The van der Waals surface area contributed by atoms with Crippen LogP contribution in [-0.4, -0.2) is 60.8 Å². The van der Waals surface area contributed by atoms with Crippen LogP contribution in [0.15, 0.2) is 0 Å². The third-order valence-corrected chi connectivity index (χ3v) is 14.9. The molecule has 0 N–H and O–H groups in total. The van der Waals surface area contributed by atoms with Gasteiger partial charge in [0.2, 0.25) is 0 Å². The first-order chi connectivity index (χ1) is 8.84. The Morgan fingerprint density at radius 2 is 1.21 bits per heavy atom. The van der Waals surface area contributed by atoms with Crippen molar-refractivity contribution in [1.82, 2.24) is 9.36 Å². The Morgan fingerprint density at radius 3 is 1.47 bits per heavy atom. The van der Waals surface area contributed by atoms with E-state index in [9.17, 15) is 0 Å². The molecule has 3 nitrogen and oxygen atoms in total. The molecule has 0 amide bonds. The van der Waals surface area contributed by atoms with Gasteiger partial charge in [0, 0.05) is 0 Å². The molecule has 2 atom stereocenters. The van der Waals surface area contributed by atoms with Crippen molar-refractivity contribution in [1.29, 1.82) is 0 Å². The van der Waals surface area contributed by atoms with Gasteiger partial charge in [0.15, 0.2) is 0 Å². The summed E-state index contributed by atoms with van der Waals surface area (Å²) in [6.07, 6.45) is 2.54. The molecule has 1 saturated heterocycles. The third kappa shape index (κ3) is 3.86. The quantitative estimate of drug-likeness (QED) is 0.633. The molecule has 1 aliphatic rings. The standard InChI is InChI=1S/C8H18N.C7H16N2.Sn/c1-5-7(3)9-8(4)6-2;1-6(2)8-5-9-7(3)4;/h7-8H,5-6H2,1-4H3;6-7H,5H2,1-4H3;/q-1;-2;+3. The van der Waals surface area contributed by atoms with Crippen LogP contribution in [-0.2, 0) is 0 Å². The van der Waals surface area contributed by atoms with Gasteiger partial charge >= 0.3 is 129 Å². The van der Waals surface area contributed by atoms with Crippen molar-refractivity contribution in [2.45, 2.75) is 92.4 Å². The Bertz CT molecular complexity index is 246. The molecule has 0 aromatic carbocycles. The Morgan fingerprint density at radius 1 is 0.842 bits per heavy atom. The molecule has 0 saturated carbocycles. The molecule has 0 bridgehead atoms. The van der Waals surface area contributed by atoms with Crippen molar-refractivity contribution < 1.29 is 0 Å². The van der Waals surface area contributed by atoms with E-state index in [1.54, 1.807) is 0 Å². The molecule has 0 spiro atoms. The number of hydrogen-bond acceptors (Lipinski definition) is 3. The van der Waals surface area contributed by atoms with Gasteiger partial charge in [-0.3, -0.25) is 0 Å². The van der Waals surface area contributed by atoms with E-state index in [0.29, 0.717) is 12.1 Å². The second-order valence-corrected chi connectivity index (χ2v) is 13.0. The van der Waals surface area contributed by atoms with Gasteiger partial charge in [0.1, 0.15) is 0 Å². The monoisotopic (exact) mass is 376 g/mol. The number of nitrogens with zero attached hydrogens (tertiary/aromatic N) is 3. The van der Waals surface area contributed by atoms with Crippen molar-refractivity contribution in [2.24, 2.45) is 0 Å². The van der Waals surface area contributed by atoms with Gasteiger partial charge in [-0.15, -0.1) is 0 Å². The van der Waals surface area contributed by atoms with Crippen LogP contribution >= 0.6 is 0 Å². The number of rotatable bonds is 7. The second-order valence-electron chi connectivity index (χ2n) is 6.49. The van der Waals surface area contributed by atoms with Crippen LogP contribution in [0, 0.1) is 0 Å². The topological polar surface area (TPSA) is 9.72 Å². The van der Waals surface area contributed by atoms with Crippen LogP contribution in [0.2, 0.25) is 0 Å². The van der Waals surface area contributed by atoms with Crippen LogP contribution in [0.5, 0.6) is 0 Å². The van der Waals surface area contributed by atoms with Crippen LogP contribution in [0.3, 0.4) is 0 Å².